The van der Waals surface area contributed by atoms with E-state index < -0.39 is 0 Å². The minimum Gasteiger partial charge on any atom is -0.368 e. The van der Waals surface area contributed by atoms with E-state index in [1.54, 1.807) is 18.0 Å². The summed E-state index contributed by atoms with van der Waals surface area (Å²) in [6.07, 6.45) is 3.66. The molecule has 0 saturated heterocycles. The van der Waals surface area contributed by atoms with Gasteiger partial charge in [0.1, 0.15) is 0 Å². The van der Waals surface area contributed by atoms with Gasteiger partial charge in [-0.1, -0.05) is 11.8 Å². The van der Waals surface area contributed by atoms with Crippen LogP contribution >= 0.6 is 11.8 Å². The van der Waals surface area contributed by atoms with E-state index >= 15 is 0 Å². The molecule has 0 radical (unpaired) electrons. The Balaban J connectivity index is 2.10. The molecule has 2 aromatic heterocycles. The van der Waals surface area contributed by atoms with E-state index in [1.807, 2.05) is 21.5 Å². The van der Waals surface area contributed by atoms with Gasteiger partial charge in [-0.3, -0.25) is 9.25 Å². The molecule has 86 valence electrons. The molecule has 0 aliphatic carbocycles. The predicted octanol–water partition coefficient (Wildman–Crippen LogP) is 1.39. The van der Waals surface area contributed by atoms with Crippen LogP contribution in [0.5, 0.6) is 0 Å². The fraction of sp³-hybridized carbons (Fsp3) is 0.444. The molecule has 0 spiro atoms. The summed E-state index contributed by atoms with van der Waals surface area (Å²) in [5, 5.41) is 12.9. The van der Waals surface area contributed by atoms with Crippen LogP contribution < -0.4 is 5.73 Å². The zero-order valence-electron chi connectivity index (χ0n) is 9.24. The fourth-order valence-electron chi connectivity index (χ4n) is 1.37. The first-order valence-electron chi connectivity index (χ1n) is 4.99. The van der Waals surface area contributed by atoms with Crippen molar-refractivity contribution < 1.29 is 0 Å². The highest BCUT2D eigenvalue weighted by Gasteiger charge is 2.12. The largest absolute Gasteiger partial charge is 0.368 e. The van der Waals surface area contributed by atoms with Crippen molar-refractivity contribution in [2.24, 2.45) is 0 Å². The smallest absolute Gasteiger partial charge is 0.222 e. The second kappa shape index (κ2) is 4.56. The third-order valence-corrected chi connectivity index (χ3v) is 3.02. The minimum atomic E-state index is 0.259. The number of nitrogen functional groups attached to an aromatic ring is 1. The topological polar surface area (TPSA) is 74.6 Å². The van der Waals surface area contributed by atoms with Gasteiger partial charge in [0.25, 0.3) is 0 Å². The summed E-state index contributed by atoms with van der Waals surface area (Å²) < 4.78 is 3.74. The van der Waals surface area contributed by atoms with Gasteiger partial charge in [-0.05, 0) is 19.9 Å². The summed E-state index contributed by atoms with van der Waals surface area (Å²) in [5.74, 6) is 1.16. The van der Waals surface area contributed by atoms with E-state index in [9.17, 15) is 0 Å². The molecule has 0 unspecified atom stereocenters. The summed E-state index contributed by atoms with van der Waals surface area (Å²) in [5.41, 5.74) is 5.74. The van der Waals surface area contributed by atoms with Gasteiger partial charge < -0.3 is 5.73 Å². The van der Waals surface area contributed by atoms with Crippen LogP contribution in [0.25, 0.3) is 0 Å². The number of rotatable bonds is 4. The zero-order valence-corrected chi connectivity index (χ0v) is 10.1. The van der Waals surface area contributed by atoms with E-state index in [4.69, 9.17) is 5.73 Å². The Bertz CT molecular complexity index is 447. The summed E-state index contributed by atoms with van der Waals surface area (Å²) in [6.45, 7) is 4.11. The normalized spacial score (nSPS) is 11.2. The lowest BCUT2D eigenvalue weighted by molar-refractivity contribution is 0.556. The molecule has 0 aliphatic heterocycles. The Kier molecular flexibility index (Phi) is 3.14. The van der Waals surface area contributed by atoms with Crippen LogP contribution in [0, 0.1) is 0 Å². The molecule has 2 N–H and O–H groups in total. The van der Waals surface area contributed by atoms with Gasteiger partial charge in [-0.2, -0.15) is 5.10 Å². The third-order valence-electron chi connectivity index (χ3n) is 2.09. The summed E-state index contributed by atoms with van der Waals surface area (Å²) in [7, 11) is 0. The molecule has 0 amide bonds. The molecule has 16 heavy (non-hydrogen) atoms. The first-order chi connectivity index (χ1) is 7.68. The third kappa shape index (κ3) is 2.19. The van der Waals surface area contributed by atoms with Gasteiger partial charge in [-0.15, -0.1) is 10.2 Å². The quantitative estimate of drug-likeness (QED) is 0.815. The number of nitrogens with two attached hydrogens (primary N) is 1. The van der Waals surface area contributed by atoms with Gasteiger partial charge in [0.2, 0.25) is 5.95 Å². The SMILES string of the molecule is CC(C)n1c(N)nnc1SCn1cccn1. The summed E-state index contributed by atoms with van der Waals surface area (Å²) >= 11 is 1.56. The number of anilines is 1. The van der Waals surface area contributed by atoms with Crippen molar-refractivity contribution in [2.45, 2.75) is 30.9 Å². The van der Waals surface area contributed by atoms with Crippen molar-refractivity contribution in [2.75, 3.05) is 5.73 Å². The molecular weight excluding hydrogens is 224 g/mol. The van der Waals surface area contributed by atoms with Gasteiger partial charge in [0.15, 0.2) is 5.16 Å². The van der Waals surface area contributed by atoms with Gasteiger partial charge in [0, 0.05) is 18.4 Å². The molecule has 0 aromatic carbocycles. The first-order valence-corrected chi connectivity index (χ1v) is 5.97. The maximum absolute atomic E-state index is 5.74. The molecule has 2 heterocycles. The highest BCUT2D eigenvalue weighted by molar-refractivity contribution is 7.98. The lowest BCUT2D eigenvalue weighted by Gasteiger charge is -2.10. The molecule has 0 saturated carbocycles. The minimum absolute atomic E-state index is 0.259. The number of aromatic nitrogens is 5. The molecule has 6 nitrogen and oxygen atoms in total. The van der Waals surface area contributed by atoms with Gasteiger partial charge in [0.05, 0.1) is 5.88 Å². The van der Waals surface area contributed by atoms with Crippen LogP contribution in [0.1, 0.15) is 19.9 Å². The Labute approximate surface area is 97.8 Å². The second-order valence-corrected chi connectivity index (χ2v) is 4.54. The zero-order chi connectivity index (χ0) is 11.5. The molecular formula is C9H14N6S. The number of nitrogens with zero attached hydrogens (tertiary/aromatic N) is 5. The fourth-order valence-corrected chi connectivity index (χ4v) is 2.32. The van der Waals surface area contributed by atoms with Crippen LogP contribution in [0.15, 0.2) is 23.6 Å². The van der Waals surface area contributed by atoms with Crippen LogP contribution in [0.4, 0.5) is 5.95 Å². The molecule has 0 aliphatic rings. The molecule has 2 aromatic rings. The number of hydrogen-bond donors (Lipinski definition) is 1. The Morgan fingerprint density at radius 3 is 2.88 bits per heavy atom. The van der Waals surface area contributed by atoms with E-state index in [-0.39, 0.29) is 6.04 Å². The number of hydrogen-bond acceptors (Lipinski definition) is 5. The summed E-state index contributed by atoms with van der Waals surface area (Å²) in [4.78, 5) is 0. The van der Waals surface area contributed by atoms with Crippen molar-refractivity contribution in [1.29, 1.82) is 0 Å². The molecule has 7 heteroatoms. The van der Waals surface area contributed by atoms with Crippen molar-refractivity contribution in [3.8, 4) is 0 Å². The van der Waals surface area contributed by atoms with Gasteiger partial charge >= 0.3 is 0 Å². The monoisotopic (exact) mass is 238 g/mol. The highest BCUT2D eigenvalue weighted by Crippen LogP contribution is 2.23. The Morgan fingerprint density at radius 1 is 1.44 bits per heavy atom. The Hall–Kier alpha value is -1.50. The van der Waals surface area contributed by atoms with Gasteiger partial charge in [-0.25, -0.2) is 0 Å². The van der Waals surface area contributed by atoms with Crippen LogP contribution in [0.2, 0.25) is 0 Å². The average molecular weight is 238 g/mol. The Morgan fingerprint density at radius 2 is 2.25 bits per heavy atom. The van der Waals surface area contributed by atoms with Crippen LogP contribution in [0.3, 0.4) is 0 Å². The number of thioether (sulfide) groups is 1. The van der Waals surface area contributed by atoms with Crippen LogP contribution in [-0.4, -0.2) is 24.5 Å². The second-order valence-electron chi connectivity index (χ2n) is 3.62. The highest BCUT2D eigenvalue weighted by atomic mass is 32.2. The van der Waals surface area contributed by atoms with Crippen molar-refractivity contribution in [1.82, 2.24) is 24.5 Å². The van der Waals surface area contributed by atoms with E-state index in [2.05, 4.69) is 29.1 Å². The predicted molar refractivity (Wildman–Crippen MR) is 62.9 cm³/mol. The van der Waals surface area contributed by atoms with E-state index in [0.29, 0.717) is 11.8 Å². The van der Waals surface area contributed by atoms with Crippen molar-refractivity contribution >= 4 is 17.7 Å². The first kappa shape index (κ1) is 11.0. The maximum atomic E-state index is 5.74. The van der Waals surface area contributed by atoms with Crippen molar-refractivity contribution in [3.05, 3.63) is 18.5 Å². The molecule has 2 rings (SSSR count). The average Bonchev–Trinajstić information content (AvgIpc) is 2.83. The maximum Gasteiger partial charge on any atom is 0.222 e. The van der Waals surface area contributed by atoms with Crippen molar-refractivity contribution in [3.63, 3.8) is 0 Å². The lowest BCUT2D eigenvalue weighted by Crippen LogP contribution is -2.07. The van der Waals surface area contributed by atoms with E-state index in [1.165, 1.54) is 0 Å². The van der Waals surface area contributed by atoms with E-state index in [0.717, 1.165) is 5.16 Å². The lowest BCUT2D eigenvalue weighted by atomic mass is 10.4. The molecule has 0 atom stereocenters. The summed E-state index contributed by atoms with van der Waals surface area (Å²) in [6, 6.07) is 2.15. The van der Waals surface area contributed by atoms with Crippen LogP contribution in [-0.2, 0) is 5.88 Å². The standard InChI is InChI=1S/C9H14N6S/c1-7(2)15-8(10)12-13-9(15)16-6-14-5-3-4-11-14/h3-5,7H,6H2,1-2H3,(H2,10,12). The molecule has 0 bridgehead atoms. The molecule has 0 fully saturated rings.